The van der Waals surface area contributed by atoms with Crippen LogP contribution in [0.1, 0.15) is 2.85 Å². The standard InChI is InChI=1S/Ce.Fe.Mg.H2O.2H/h;;;1H2;;/q;;+2;;2*-1. The van der Waals surface area contributed by atoms with Gasteiger partial charge in [-0.2, -0.15) is 0 Å². The maximum atomic E-state index is 0. The Morgan fingerprint density at radius 1 is 1.25 bits per heavy atom. The van der Waals surface area contributed by atoms with Gasteiger partial charge in [0.25, 0.3) is 0 Å². The van der Waals surface area contributed by atoms with Gasteiger partial charge >= 0.3 is 23.1 Å². The van der Waals surface area contributed by atoms with Crippen LogP contribution in [0.4, 0.5) is 0 Å². The minimum atomic E-state index is 0. The van der Waals surface area contributed by atoms with Gasteiger partial charge in [-0.05, 0) is 0 Å². The van der Waals surface area contributed by atoms with E-state index >= 15 is 0 Å². The number of hydrogen-bond donors (Lipinski definition) is 0. The molecule has 0 unspecified atom stereocenters. The second-order valence-electron chi connectivity index (χ2n) is 0. The van der Waals surface area contributed by atoms with Crippen LogP contribution in [0.2, 0.25) is 0 Å². The molecule has 0 rings (SSSR count). The maximum Gasteiger partial charge on any atom is 2.00 e. The Balaban J connectivity index is 0. The van der Waals surface area contributed by atoms with E-state index in [9.17, 15) is 0 Å². The van der Waals surface area contributed by atoms with Crippen LogP contribution < -0.4 is 0 Å². The molecule has 1 nitrogen and oxygen atoms in total. The molecule has 0 aromatic heterocycles. The van der Waals surface area contributed by atoms with E-state index in [0.29, 0.717) is 0 Å². The van der Waals surface area contributed by atoms with E-state index in [-0.39, 0.29) is 90.2 Å². The van der Waals surface area contributed by atoms with Crippen LogP contribution in [0.3, 0.4) is 0 Å². The van der Waals surface area contributed by atoms with Crippen molar-refractivity contribution in [3.8, 4) is 0 Å². The zero-order chi connectivity index (χ0) is 0. The van der Waals surface area contributed by atoms with Crippen molar-refractivity contribution >= 4 is 23.1 Å². The summed E-state index contributed by atoms with van der Waals surface area (Å²) in [5.41, 5.74) is 0. The summed E-state index contributed by atoms with van der Waals surface area (Å²) in [4.78, 5) is 0. The van der Waals surface area contributed by atoms with E-state index in [0.717, 1.165) is 0 Å². The molecule has 0 aromatic rings. The average molecular weight is 240 g/mol. The molecule has 0 aromatic carbocycles. The predicted octanol–water partition coefficient (Wildman–Crippen LogP) is -0.983. The third kappa shape index (κ3) is 8.82. The van der Waals surface area contributed by atoms with Gasteiger partial charge < -0.3 is 8.33 Å². The number of rotatable bonds is 0. The van der Waals surface area contributed by atoms with Gasteiger partial charge in [0.05, 0.1) is 0 Å². The van der Waals surface area contributed by atoms with Crippen LogP contribution in [0.25, 0.3) is 0 Å². The summed E-state index contributed by atoms with van der Waals surface area (Å²) in [7, 11) is 0. The molecule has 0 aliphatic rings. The molecule has 4 heteroatoms. The SMILES string of the molecule is O.[Ce].[Fe].[H-].[H-].[Mg+2]. The van der Waals surface area contributed by atoms with Crippen LogP contribution in [0.5, 0.6) is 0 Å². The quantitative estimate of drug-likeness (QED) is 0.487. The smallest absolute Gasteiger partial charge is 1.00 e. The molecule has 4 heavy (non-hydrogen) atoms. The zero-order valence-corrected chi connectivity index (χ0v) is 7.72. The molecular formula is H4CeFeMgO. The Labute approximate surface area is 88.6 Å². The van der Waals surface area contributed by atoms with Crippen molar-refractivity contribution in [2.75, 3.05) is 0 Å². The molecule has 0 spiro atoms. The van der Waals surface area contributed by atoms with Crippen LogP contribution in [0.15, 0.2) is 0 Å². The zero-order valence-electron chi connectivity index (χ0n) is 4.06. The molecule has 0 fully saturated rings. The Hall–Kier alpha value is 2.62. The maximum absolute atomic E-state index is 0. The third-order valence-corrected chi connectivity index (χ3v) is 0. The second-order valence-corrected chi connectivity index (χ2v) is 0. The van der Waals surface area contributed by atoms with Gasteiger partial charge in [0.1, 0.15) is 0 Å². The summed E-state index contributed by atoms with van der Waals surface area (Å²) in [6.07, 6.45) is 0. The Morgan fingerprint density at radius 3 is 1.25 bits per heavy atom. The molecule has 0 saturated carbocycles. The summed E-state index contributed by atoms with van der Waals surface area (Å²) in [6.45, 7) is 0. The van der Waals surface area contributed by atoms with Gasteiger partial charge in [-0.1, -0.05) is 0 Å². The van der Waals surface area contributed by atoms with E-state index in [4.69, 9.17) is 0 Å². The fraction of sp³-hybridized carbons (Fsp3) is 0. The molecular weight excluding hydrogens is 236 g/mol. The molecule has 0 saturated heterocycles. The first-order chi connectivity index (χ1) is 0. The van der Waals surface area contributed by atoms with Crippen LogP contribution in [0, 0.1) is 41.7 Å². The Kier molecular flexibility index (Phi) is 133. The van der Waals surface area contributed by atoms with E-state index < -0.39 is 0 Å². The van der Waals surface area contributed by atoms with Crippen molar-refractivity contribution in [3.05, 3.63) is 0 Å². The fourth-order valence-electron chi connectivity index (χ4n) is 0. The molecule has 0 bridgehead atoms. The van der Waals surface area contributed by atoms with Gasteiger partial charge in [-0.25, -0.2) is 0 Å². The summed E-state index contributed by atoms with van der Waals surface area (Å²) in [5, 5.41) is 0. The third-order valence-electron chi connectivity index (χ3n) is 0. The van der Waals surface area contributed by atoms with Crippen molar-refractivity contribution in [1.29, 1.82) is 0 Å². The first kappa shape index (κ1) is 30.4. The van der Waals surface area contributed by atoms with Gasteiger partial charge in [-0.3, -0.25) is 0 Å². The number of hydrogen-bond acceptors (Lipinski definition) is 0. The molecule has 2 N–H and O–H groups in total. The van der Waals surface area contributed by atoms with Crippen molar-refractivity contribution in [3.63, 3.8) is 0 Å². The van der Waals surface area contributed by atoms with Gasteiger partial charge in [0.2, 0.25) is 0 Å². The van der Waals surface area contributed by atoms with Gasteiger partial charge in [0, 0.05) is 58.8 Å². The van der Waals surface area contributed by atoms with Crippen LogP contribution in [-0.4, -0.2) is 28.5 Å². The topological polar surface area (TPSA) is 31.5 Å². The van der Waals surface area contributed by atoms with Crippen molar-refractivity contribution in [2.45, 2.75) is 0 Å². The molecule has 0 heterocycles. The average Bonchev–Trinajstić information content (AvgIpc) is 0. The molecule has 0 aliphatic heterocycles. The van der Waals surface area contributed by atoms with Crippen molar-refractivity contribution < 1.29 is 67.1 Å². The summed E-state index contributed by atoms with van der Waals surface area (Å²) in [6, 6.07) is 0. The predicted molar refractivity (Wildman–Crippen MR) is 11.6 cm³/mol. The van der Waals surface area contributed by atoms with E-state index in [1.807, 2.05) is 0 Å². The van der Waals surface area contributed by atoms with E-state index in [1.54, 1.807) is 0 Å². The van der Waals surface area contributed by atoms with E-state index in [2.05, 4.69) is 0 Å². The molecule has 0 amide bonds. The molecule has 0 atom stereocenters. The normalized spacial score (nSPS) is 0. The largest absolute Gasteiger partial charge is 2.00 e. The van der Waals surface area contributed by atoms with Gasteiger partial charge in [0.15, 0.2) is 0 Å². The van der Waals surface area contributed by atoms with E-state index in [1.165, 1.54) is 0 Å². The Bertz CT molecular complexity index is 13.5. The molecule has 0 aliphatic carbocycles. The summed E-state index contributed by atoms with van der Waals surface area (Å²) >= 11 is 0. The van der Waals surface area contributed by atoms with Crippen molar-refractivity contribution in [2.24, 2.45) is 0 Å². The van der Waals surface area contributed by atoms with Crippen LogP contribution >= 0.6 is 0 Å². The summed E-state index contributed by atoms with van der Waals surface area (Å²) < 4.78 is 0. The molecule has 24 valence electrons. The molecule has 0 radical (unpaired) electrons. The fourth-order valence-corrected chi connectivity index (χ4v) is 0. The minimum absolute atomic E-state index is 0. The second kappa shape index (κ2) is 17.5. The Morgan fingerprint density at radius 2 is 1.25 bits per heavy atom. The van der Waals surface area contributed by atoms with Crippen LogP contribution in [-0.2, 0) is 17.1 Å². The van der Waals surface area contributed by atoms with Gasteiger partial charge in [-0.15, -0.1) is 0 Å². The van der Waals surface area contributed by atoms with Crippen molar-refractivity contribution in [1.82, 2.24) is 0 Å². The first-order valence-corrected chi connectivity index (χ1v) is 0. The summed E-state index contributed by atoms with van der Waals surface area (Å²) in [5.74, 6) is 0. The first-order valence-electron chi connectivity index (χ1n) is 0. The minimum Gasteiger partial charge on any atom is -1.00 e. The monoisotopic (exact) mass is 240 g/mol.